The van der Waals surface area contributed by atoms with Crippen LogP contribution in [0.3, 0.4) is 0 Å². The molecule has 0 N–H and O–H groups in total. The van der Waals surface area contributed by atoms with Crippen LogP contribution in [0.25, 0.3) is 6.08 Å². The quantitative estimate of drug-likeness (QED) is 0.329. The van der Waals surface area contributed by atoms with E-state index in [2.05, 4.69) is 0 Å². The van der Waals surface area contributed by atoms with Gasteiger partial charge in [0.25, 0.3) is 11.6 Å². The minimum Gasteiger partial charge on any atom is -0.865 e. The Bertz CT molecular complexity index is 960. The minimum atomic E-state index is -0.809. The summed E-state index contributed by atoms with van der Waals surface area (Å²) in [5.74, 6) is -1.26. The van der Waals surface area contributed by atoms with E-state index in [0.717, 1.165) is 23.4 Å². The third-order valence-electron chi connectivity index (χ3n) is 3.83. The Morgan fingerprint density at radius 2 is 2.00 bits per heavy atom. The molecule has 9 heteroatoms. The maximum Gasteiger partial charge on any atom is 0.266 e. The zero-order chi connectivity index (χ0) is 19.6. The predicted octanol–water partition coefficient (Wildman–Crippen LogP) is 3.08. The van der Waals surface area contributed by atoms with Crippen molar-refractivity contribution in [3.63, 3.8) is 0 Å². The fraction of sp³-hybridized carbons (Fsp3) is 0.111. The highest BCUT2D eigenvalue weighted by molar-refractivity contribution is 8.26. The van der Waals surface area contributed by atoms with Gasteiger partial charge in [-0.15, -0.1) is 0 Å². The van der Waals surface area contributed by atoms with Crippen LogP contribution in [0.2, 0.25) is 0 Å². The lowest BCUT2D eigenvalue weighted by Gasteiger charge is -2.14. The van der Waals surface area contributed by atoms with E-state index in [1.807, 2.05) is 30.3 Å². The standard InChI is InChI=1S/C18H14N2O5S2/c1-25-14-8-12(7-13(16(14)21)20(23)24)9-15-17(22)19(18(26)27-15)10-11-5-3-2-4-6-11/h2-9,21H,10H2,1H3/p-1/b15-9+. The molecule has 7 nitrogen and oxygen atoms in total. The minimum absolute atomic E-state index is 0.157. The largest absolute Gasteiger partial charge is 0.865 e. The molecule has 2 aromatic carbocycles. The second kappa shape index (κ2) is 7.77. The van der Waals surface area contributed by atoms with Gasteiger partial charge in [0.2, 0.25) is 0 Å². The second-order valence-corrected chi connectivity index (χ2v) is 7.26. The molecule has 0 spiro atoms. The summed E-state index contributed by atoms with van der Waals surface area (Å²) in [6.45, 7) is 0.339. The average molecular weight is 401 g/mol. The highest BCUT2D eigenvalue weighted by Crippen LogP contribution is 2.38. The van der Waals surface area contributed by atoms with E-state index in [-0.39, 0.29) is 11.7 Å². The lowest BCUT2D eigenvalue weighted by molar-refractivity contribution is -0.398. The number of nitro benzene ring substituents is 1. The van der Waals surface area contributed by atoms with Crippen LogP contribution in [-0.4, -0.2) is 27.2 Å². The van der Waals surface area contributed by atoms with Gasteiger partial charge in [0.05, 0.1) is 23.5 Å². The Labute approximate surface area is 164 Å². The molecule has 0 aliphatic carbocycles. The first kappa shape index (κ1) is 18.9. The number of carbonyl (C=O) groups is 1. The Kier molecular flexibility index (Phi) is 5.43. The topological polar surface area (TPSA) is 95.7 Å². The van der Waals surface area contributed by atoms with Crippen molar-refractivity contribution in [3.8, 4) is 11.5 Å². The highest BCUT2D eigenvalue weighted by atomic mass is 32.2. The van der Waals surface area contributed by atoms with Crippen LogP contribution in [0.15, 0.2) is 47.4 Å². The number of amides is 1. The van der Waals surface area contributed by atoms with Crippen LogP contribution in [0, 0.1) is 10.1 Å². The van der Waals surface area contributed by atoms with Crippen LogP contribution in [0.5, 0.6) is 11.5 Å². The van der Waals surface area contributed by atoms with E-state index in [4.69, 9.17) is 17.0 Å². The Morgan fingerprint density at radius 3 is 2.63 bits per heavy atom. The van der Waals surface area contributed by atoms with Crippen molar-refractivity contribution < 1.29 is 19.6 Å². The molecule has 1 aliphatic rings. The van der Waals surface area contributed by atoms with E-state index in [9.17, 15) is 20.0 Å². The Hall–Kier alpha value is -2.91. The molecule has 1 amide bonds. The number of benzene rings is 2. The van der Waals surface area contributed by atoms with Gasteiger partial charge >= 0.3 is 0 Å². The number of ether oxygens (including phenoxy) is 1. The summed E-state index contributed by atoms with van der Waals surface area (Å²) < 4.78 is 5.31. The van der Waals surface area contributed by atoms with Gasteiger partial charge < -0.3 is 9.84 Å². The Morgan fingerprint density at radius 1 is 1.30 bits per heavy atom. The predicted molar refractivity (Wildman–Crippen MR) is 104 cm³/mol. The molecule has 138 valence electrons. The number of thioether (sulfide) groups is 1. The van der Waals surface area contributed by atoms with Crippen molar-refractivity contribution in [3.05, 3.63) is 68.6 Å². The van der Waals surface area contributed by atoms with Crippen LogP contribution in [-0.2, 0) is 11.3 Å². The molecule has 3 rings (SSSR count). The van der Waals surface area contributed by atoms with Gasteiger partial charge in [0.15, 0.2) is 0 Å². The summed E-state index contributed by atoms with van der Waals surface area (Å²) in [5.41, 5.74) is 0.641. The first-order valence-electron chi connectivity index (χ1n) is 7.73. The van der Waals surface area contributed by atoms with E-state index in [1.165, 1.54) is 24.2 Å². The van der Waals surface area contributed by atoms with Gasteiger partial charge in [-0.1, -0.05) is 54.3 Å². The van der Waals surface area contributed by atoms with E-state index >= 15 is 0 Å². The molecule has 1 saturated heterocycles. The number of rotatable bonds is 5. The maximum absolute atomic E-state index is 12.7. The zero-order valence-corrected chi connectivity index (χ0v) is 15.7. The molecule has 1 aliphatic heterocycles. The van der Waals surface area contributed by atoms with Crippen molar-refractivity contribution in [1.29, 1.82) is 0 Å². The van der Waals surface area contributed by atoms with Crippen molar-refractivity contribution in [1.82, 2.24) is 4.90 Å². The van der Waals surface area contributed by atoms with Crippen molar-refractivity contribution in [2.75, 3.05) is 7.11 Å². The Balaban J connectivity index is 1.92. The first-order chi connectivity index (χ1) is 12.9. The number of nitro groups is 1. The van der Waals surface area contributed by atoms with Crippen molar-refractivity contribution in [2.45, 2.75) is 6.54 Å². The molecule has 2 aromatic rings. The zero-order valence-electron chi connectivity index (χ0n) is 14.1. The summed E-state index contributed by atoms with van der Waals surface area (Å²) in [6.07, 6.45) is 1.47. The SMILES string of the molecule is COc1cc(/C=C2/SC(=S)N(Cc3ccccc3)C2=O)cc([N+](=O)[O-])c1[O-]. The van der Waals surface area contributed by atoms with Crippen LogP contribution < -0.4 is 9.84 Å². The summed E-state index contributed by atoms with van der Waals surface area (Å²) in [5, 5.41) is 23.0. The third kappa shape index (κ3) is 3.93. The lowest BCUT2D eigenvalue weighted by Crippen LogP contribution is -2.27. The summed E-state index contributed by atoms with van der Waals surface area (Å²) in [6, 6.07) is 11.9. The van der Waals surface area contributed by atoms with Gasteiger partial charge in [0, 0.05) is 11.8 Å². The smallest absolute Gasteiger partial charge is 0.266 e. The number of hydrogen-bond donors (Lipinski definition) is 0. The number of hydrogen-bond acceptors (Lipinski definition) is 7. The van der Waals surface area contributed by atoms with Crippen molar-refractivity contribution >= 4 is 46.0 Å². The van der Waals surface area contributed by atoms with Gasteiger partial charge in [-0.05, 0) is 23.3 Å². The third-order valence-corrected chi connectivity index (χ3v) is 5.21. The lowest BCUT2D eigenvalue weighted by atomic mass is 10.1. The highest BCUT2D eigenvalue weighted by Gasteiger charge is 2.32. The summed E-state index contributed by atoms with van der Waals surface area (Å²) in [7, 11) is 1.25. The van der Waals surface area contributed by atoms with Crippen LogP contribution >= 0.6 is 24.0 Å². The molecular formula is C18H13N2O5S2-. The molecule has 0 radical (unpaired) electrons. The monoisotopic (exact) mass is 401 g/mol. The van der Waals surface area contributed by atoms with Gasteiger partial charge in [-0.2, -0.15) is 0 Å². The van der Waals surface area contributed by atoms with E-state index < -0.39 is 16.4 Å². The maximum atomic E-state index is 12.7. The summed E-state index contributed by atoms with van der Waals surface area (Å²) >= 11 is 6.40. The van der Waals surface area contributed by atoms with E-state index in [1.54, 1.807) is 0 Å². The molecular weight excluding hydrogens is 388 g/mol. The summed E-state index contributed by atoms with van der Waals surface area (Å²) in [4.78, 5) is 24.8. The fourth-order valence-electron chi connectivity index (χ4n) is 2.53. The average Bonchev–Trinajstić information content (AvgIpc) is 2.91. The molecule has 0 unspecified atom stereocenters. The number of carbonyl (C=O) groups excluding carboxylic acids is 1. The van der Waals surface area contributed by atoms with Crippen LogP contribution in [0.1, 0.15) is 11.1 Å². The van der Waals surface area contributed by atoms with Crippen LogP contribution in [0.4, 0.5) is 5.69 Å². The molecule has 1 fully saturated rings. The van der Waals surface area contributed by atoms with Crippen molar-refractivity contribution in [2.24, 2.45) is 0 Å². The second-order valence-electron chi connectivity index (χ2n) is 5.58. The fourth-order valence-corrected chi connectivity index (χ4v) is 3.79. The normalized spacial score (nSPS) is 15.4. The molecule has 1 heterocycles. The van der Waals surface area contributed by atoms with E-state index in [0.29, 0.717) is 21.3 Å². The molecule has 27 heavy (non-hydrogen) atoms. The number of nitrogens with zero attached hydrogens (tertiary/aromatic N) is 2. The number of methoxy groups -OCH3 is 1. The molecule has 0 bridgehead atoms. The molecule has 0 saturated carbocycles. The van der Waals surface area contributed by atoms with Gasteiger partial charge in [-0.3, -0.25) is 19.8 Å². The molecule has 0 aromatic heterocycles. The van der Waals surface area contributed by atoms with Gasteiger partial charge in [-0.25, -0.2) is 0 Å². The first-order valence-corrected chi connectivity index (χ1v) is 8.96. The number of thiocarbonyl (C=S) groups is 1. The van der Waals surface area contributed by atoms with Gasteiger partial charge in [0.1, 0.15) is 10.1 Å². The molecule has 0 atom stereocenters.